The summed E-state index contributed by atoms with van der Waals surface area (Å²) in [6.45, 7) is 8.32. The highest BCUT2D eigenvalue weighted by atomic mass is 32.2. The van der Waals surface area contributed by atoms with E-state index in [0.717, 1.165) is 39.0 Å². The van der Waals surface area contributed by atoms with E-state index < -0.39 is 10.0 Å². The fraction of sp³-hybridized carbons (Fsp3) is 0.692. The van der Waals surface area contributed by atoms with Crippen LogP contribution < -0.4 is 4.74 Å². The van der Waals surface area contributed by atoms with Crippen LogP contribution in [0.4, 0.5) is 0 Å². The highest BCUT2D eigenvalue weighted by molar-refractivity contribution is 7.89. The number of sulfonamides is 1. The molecule has 0 aromatic heterocycles. The number of methoxy groups -OCH3 is 1. The molecule has 0 saturated carbocycles. The van der Waals surface area contributed by atoms with Crippen LogP contribution >= 0.6 is 0 Å². The van der Waals surface area contributed by atoms with Crippen molar-refractivity contribution in [3.8, 4) is 5.75 Å². The lowest BCUT2D eigenvalue weighted by molar-refractivity contribution is -0.138. The molecular formula is C26H42N4O6S. The van der Waals surface area contributed by atoms with Gasteiger partial charge in [0.15, 0.2) is 0 Å². The van der Waals surface area contributed by atoms with Crippen molar-refractivity contribution in [2.45, 2.75) is 38.0 Å². The molecule has 11 heteroatoms. The number of piperidine rings is 1. The molecular weight excluding hydrogens is 496 g/mol. The van der Waals surface area contributed by atoms with Crippen molar-refractivity contribution >= 4 is 21.8 Å². The van der Waals surface area contributed by atoms with E-state index in [1.54, 1.807) is 38.0 Å². The Morgan fingerprint density at radius 1 is 0.973 bits per heavy atom. The van der Waals surface area contributed by atoms with Crippen molar-refractivity contribution in [1.29, 1.82) is 0 Å². The Morgan fingerprint density at radius 2 is 1.54 bits per heavy atom. The number of aryl methyl sites for hydroxylation is 2. The first kappa shape index (κ1) is 29.3. The van der Waals surface area contributed by atoms with Crippen LogP contribution in [-0.4, -0.2) is 119 Å². The zero-order chi connectivity index (χ0) is 27.2. The normalized spacial score (nSPS) is 17.9. The van der Waals surface area contributed by atoms with Crippen LogP contribution in [-0.2, 0) is 24.3 Å². The lowest BCUT2D eigenvalue weighted by Crippen LogP contribution is -2.48. The Balaban J connectivity index is 1.38. The number of carbonyl (C=O) groups is 2. The second kappa shape index (κ2) is 13.0. The first-order chi connectivity index (χ1) is 17.5. The molecule has 2 amide bonds. The SMILES string of the molecule is COc1cc(C)c(S(=O)(=O)N(C)CCOCC(=O)N2CCC(CC(=O)N3CCN(C)CC3)CC2)c(C)c1. The van der Waals surface area contributed by atoms with Gasteiger partial charge in [-0.15, -0.1) is 0 Å². The number of nitrogens with zero attached hydrogens (tertiary/aromatic N) is 4. The molecule has 2 saturated heterocycles. The van der Waals surface area contributed by atoms with Gasteiger partial charge in [-0.05, 0) is 62.9 Å². The highest BCUT2D eigenvalue weighted by Crippen LogP contribution is 2.27. The molecule has 1 aromatic carbocycles. The minimum atomic E-state index is -3.70. The van der Waals surface area contributed by atoms with Crippen LogP contribution in [0.2, 0.25) is 0 Å². The maximum absolute atomic E-state index is 13.1. The quantitative estimate of drug-likeness (QED) is 0.415. The van der Waals surface area contributed by atoms with E-state index in [4.69, 9.17) is 9.47 Å². The lowest BCUT2D eigenvalue weighted by Gasteiger charge is -2.35. The molecule has 2 heterocycles. The summed E-state index contributed by atoms with van der Waals surface area (Å²) >= 11 is 0. The molecule has 2 aliphatic rings. The number of carbonyl (C=O) groups excluding carboxylic acids is 2. The molecule has 0 N–H and O–H groups in total. The van der Waals surface area contributed by atoms with E-state index in [9.17, 15) is 18.0 Å². The van der Waals surface area contributed by atoms with Crippen LogP contribution in [0.1, 0.15) is 30.4 Å². The number of rotatable bonds is 10. The minimum Gasteiger partial charge on any atom is -0.497 e. The van der Waals surface area contributed by atoms with Crippen LogP contribution in [0.5, 0.6) is 5.75 Å². The Kier molecular flexibility index (Phi) is 10.3. The van der Waals surface area contributed by atoms with Gasteiger partial charge >= 0.3 is 0 Å². The van der Waals surface area contributed by atoms with E-state index in [2.05, 4.69) is 11.9 Å². The van der Waals surface area contributed by atoms with Gasteiger partial charge in [-0.25, -0.2) is 8.42 Å². The van der Waals surface area contributed by atoms with E-state index in [-0.39, 0.29) is 36.5 Å². The average molecular weight is 539 g/mol. The van der Waals surface area contributed by atoms with Crippen molar-refractivity contribution in [2.24, 2.45) is 5.92 Å². The van der Waals surface area contributed by atoms with Crippen LogP contribution in [0.25, 0.3) is 0 Å². The maximum atomic E-state index is 13.1. The first-order valence-electron chi connectivity index (χ1n) is 13.0. The van der Waals surface area contributed by atoms with Crippen molar-refractivity contribution in [3.63, 3.8) is 0 Å². The third-order valence-electron chi connectivity index (χ3n) is 7.40. The Hall–Kier alpha value is -2.21. The van der Waals surface area contributed by atoms with Crippen molar-refractivity contribution < 1.29 is 27.5 Å². The standard InChI is InChI=1S/C26H42N4O6S/c1-20-16-23(35-5)17-21(2)26(20)37(33,34)28(4)14-15-36-19-25(32)29-8-6-22(7-9-29)18-24(31)30-12-10-27(3)11-13-30/h16-17,22H,6-15,18-19H2,1-5H3. The summed E-state index contributed by atoms with van der Waals surface area (Å²) in [6.07, 6.45) is 2.18. The summed E-state index contributed by atoms with van der Waals surface area (Å²) in [7, 11) is 1.43. The summed E-state index contributed by atoms with van der Waals surface area (Å²) in [5, 5.41) is 0. The first-order valence-corrected chi connectivity index (χ1v) is 14.4. The van der Waals surface area contributed by atoms with Gasteiger partial charge in [-0.3, -0.25) is 9.59 Å². The lowest BCUT2D eigenvalue weighted by atomic mass is 9.93. The molecule has 0 bridgehead atoms. The van der Waals surface area contributed by atoms with E-state index in [1.807, 2.05) is 4.90 Å². The molecule has 3 rings (SSSR count). The molecule has 208 valence electrons. The predicted molar refractivity (Wildman–Crippen MR) is 141 cm³/mol. The number of ether oxygens (including phenoxy) is 2. The van der Waals surface area contributed by atoms with Crippen LogP contribution in [0, 0.1) is 19.8 Å². The summed E-state index contributed by atoms with van der Waals surface area (Å²) in [5.74, 6) is 1.04. The van der Waals surface area contributed by atoms with Gasteiger partial charge in [0.05, 0.1) is 18.6 Å². The third kappa shape index (κ3) is 7.66. The minimum absolute atomic E-state index is 0.0840. The van der Waals surface area contributed by atoms with Crippen molar-refractivity contribution in [2.75, 3.05) is 80.2 Å². The van der Waals surface area contributed by atoms with E-state index in [1.165, 1.54) is 11.4 Å². The number of benzene rings is 1. The summed E-state index contributed by atoms with van der Waals surface area (Å²) < 4.78 is 38.2. The molecule has 0 aliphatic carbocycles. The molecule has 2 aliphatic heterocycles. The second-order valence-corrected chi connectivity index (χ2v) is 12.2. The molecule has 1 aromatic rings. The maximum Gasteiger partial charge on any atom is 0.248 e. The number of amides is 2. The zero-order valence-corrected chi connectivity index (χ0v) is 23.7. The smallest absolute Gasteiger partial charge is 0.248 e. The Morgan fingerprint density at radius 3 is 2.11 bits per heavy atom. The van der Waals surface area contributed by atoms with Gasteiger partial charge in [0.25, 0.3) is 0 Å². The van der Waals surface area contributed by atoms with Crippen molar-refractivity contribution in [1.82, 2.24) is 19.0 Å². The summed E-state index contributed by atoms with van der Waals surface area (Å²) in [4.78, 5) is 31.4. The van der Waals surface area contributed by atoms with Crippen molar-refractivity contribution in [3.05, 3.63) is 23.3 Å². The number of hydrogen-bond donors (Lipinski definition) is 0. The molecule has 0 unspecified atom stereocenters. The number of hydrogen-bond acceptors (Lipinski definition) is 7. The fourth-order valence-corrected chi connectivity index (χ4v) is 6.53. The molecule has 0 atom stereocenters. The molecule has 37 heavy (non-hydrogen) atoms. The van der Waals surface area contributed by atoms with Crippen LogP contribution in [0.3, 0.4) is 0 Å². The average Bonchev–Trinajstić information content (AvgIpc) is 2.86. The zero-order valence-electron chi connectivity index (χ0n) is 22.9. The number of likely N-dealkylation sites (tertiary alicyclic amines) is 1. The molecule has 2 fully saturated rings. The van der Waals surface area contributed by atoms with Gasteiger partial charge in [0.1, 0.15) is 12.4 Å². The Labute approximate surface area is 221 Å². The fourth-order valence-electron chi connectivity index (χ4n) is 4.97. The van der Waals surface area contributed by atoms with Gasteiger partial charge < -0.3 is 24.2 Å². The summed E-state index contributed by atoms with van der Waals surface area (Å²) in [6, 6.07) is 3.41. The van der Waals surface area contributed by atoms with Gasteiger partial charge in [-0.1, -0.05) is 0 Å². The number of piperazine rings is 1. The number of likely N-dealkylation sites (N-methyl/N-ethyl adjacent to an activating group) is 2. The van der Waals surface area contributed by atoms with Gasteiger partial charge in [0.2, 0.25) is 21.8 Å². The second-order valence-electron chi connectivity index (χ2n) is 10.2. The molecule has 10 nitrogen and oxygen atoms in total. The third-order valence-corrected chi connectivity index (χ3v) is 9.56. The Bertz CT molecular complexity index is 1020. The molecule has 0 radical (unpaired) electrons. The highest BCUT2D eigenvalue weighted by Gasteiger charge is 2.28. The van der Waals surface area contributed by atoms with E-state index >= 15 is 0 Å². The molecule has 0 spiro atoms. The largest absolute Gasteiger partial charge is 0.497 e. The predicted octanol–water partition coefficient (Wildman–Crippen LogP) is 1.35. The topological polar surface area (TPSA) is 99.7 Å². The van der Waals surface area contributed by atoms with Crippen LogP contribution in [0.15, 0.2) is 17.0 Å². The van der Waals surface area contributed by atoms with Gasteiger partial charge in [0, 0.05) is 59.3 Å². The summed E-state index contributed by atoms with van der Waals surface area (Å²) in [5.41, 5.74) is 1.24. The van der Waals surface area contributed by atoms with Gasteiger partial charge in [-0.2, -0.15) is 4.31 Å². The van der Waals surface area contributed by atoms with E-state index in [0.29, 0.717) is 42.3 Å². The monoisotopic (exact) mass is 538 g/mol.